The Hall–Kier alpha value is -3.64. The fourth-order valence-electron chi connectivity index (χ4n) is 3.12. The molecule has 0 bridgehead atoms. The lowest BCUT2D eigenvalue weighted by Crippen LogP contribution is -2.13. The molecule has 3 heterocycles. The number of benzene rings is 2. The highest BCUT2D eigenvalue weighted by Gasteiger charge is 2.15. The van der Waals surface area contributed by atoms with Gasteiger partial charge in [-0.2, -0.15) is 0 Å². The van der Waals surface area contributed by atoms with Gasteiger partial charge in [-0.1, -0.05) is 41.7 Å². The van der Waals surface area contributed by atoms with Gasteiger partial charge in [-0.05, 0) is 36.4 Å². The van der Waals surface area contributed by atoms with E-state index < -0.39 is 0 Å². The van der Waals surface area contributed by atoms with E-state index in [0.717, 1.165) is 32.4 Å². The lowest BCUT2D eigenvalue weighted by Gasteiger charge is -2.09. The Kier molecular flexibility index (Phi) is 4.03. The second-order valence-electron chi connectivity index (χ2n) is 6.25. The molecule has 3 aromatic heterocycles. The summed E-state index contributed by atoms with van der Waals surface area (Å²) in [4.78, 5) is 26.4. The summed E-state index contributed by atoms with van der Waals surface area (Å²) in [5.41, 5.74) is 3.85. The van der Waals surface area contributed by atoms with Gasteiger partial charge in [0.25, 0.3) is 5.91 Å². The highest BCUT2D eigenvalue weighted by atomic mass is 32.1. The van der Waals surface area contributed by atoms with E-state index in [1.165, 1.54) is 11.3 Å². The third-order valence-corrected chi connectivity index (χ3v) is 5.40. The van der Waals surface area contributed by atoms with Crippen LogP contribution in [0.15, 0.2) is 79.1 Å². The van der Waals surface area contributed by atoms with E-state index in [0.29, 0.717) is 10.7 Å². The first-order valence-corrected chi connectivity index (χ1v) is 9.57. The van der Waals surface area contributed by atoms with Crippen LogP contribution in [0, 0.1) is 0 Å². The summed E-state index contributed by atoms with van der Waals surface area (Å²) < 4.78 is 1.04. The van der Waals surface area contributed by atoms with Crippen LogP contribution >= 0.6 is 11.3 Å². The summed E-state index contributed by atoms with van der Waals surface area (Å²) in [6.45, 7) is 0. The van der Waals surface area contributed by atoms with Gasteiger partial charge < -0.3 is 0 Å². The predicted octanol–water partition coefficient (Wildman–Crippen LogP) is 5.16. The van der Waals surface area contributed by atoms with E-state index in [1.54, 1.807) is 12.4 Å². The molecule has 0 saturated heterocycles. The van der Waals surface area contributed by atoms with Crippen LogP contribution in [0.5, 0.6) is 0 Å². The Morgan fingerprint density at radius 1 is 0.857 bits per heavy atom. The number of fused-ring (bicyclic) bond motifs is 2. The molecule has 5 rings (SSSR count). The van der Waals surface area contributed by atoms with Gasteiger partial charge in [0.2, 0.25) is 0 Å². The van der Waals surface area contributed by atoms with Crippen molar-refractivity contribution in [3.63, 3.8) is 0 Å². The van der Waals surface area contributed by atoms with Gasteiger partial charge in [0.15, 0.2) is 5.13 Å². The van der Waals surface area contributed by atoms with Crippen LogP contribution in [0.1, 0.15) is 10.4 Å². The molecule has 1 amide bonds. The van der Waals surface area contributed by atoms with Gasteiger partial charge in [-0.15, -0.1) is 0 Å². The third kappa shape index (κ3) is 3.00. The van der Waals surface area contributed by atoms with Gasteiger partial charge in [-0.25, -0.2) is 9.97 Å². The van der Waals surface area contributed by atoms with Gasteiger partial charge in [0, 0.05) is 23.3 Å². The number of thiazole rings is 1. The third-order valence-electron chi connectivity index (χ3n) is 4.45. The summed E-state index contributed by atoms with van der Waals surface area (Å²) >= 11 is 1.46. The average molecular weight is 382 g/mol. The molecule has 0 saturated carbocycles. The highest BCUT2D eigenvalue weighted by Crippen LogP contribution is 2.28. The van der Waals surface area contributed by atoms with Gasteiger partial charge in [-0.3, -0.25) is 15.1 Å². The smallest absolute Gasteiger partial charge is 0.258 e. The number of hydrogen-bond acceptors (Lipinski definition) is 5. The Morgan fingerprint density at radius 2 is 1.61 bits per heavy atom. The molecule has 0 unspecified atom stereocenters. The van der Waals surface area contributed by atoms with E-state index in [2.05, 4.69) is 15.3 Å². The lowest BCUT2D eigenvalue weighted by atomic mass is 10.0. The van der Waals surface area contributed by atoms with Crippen molar-refractivity contribution in [1.82, 2.24) is 15.0 Å². The van der Waals surface area contributed by atoms with Crippen LogP contribution in [0.25, 0.3) is 32.4 Å². The van der Waals surface area contributed by atoms with E-state index in [1.807, 2.05) is 66.7 Å². The topological polar surface area (TPSA) is 67.8 Å². The van der Waals surface area contributed by atoms with Gasteiger partial charge in [0.1, 0.15) is 0 Å². The standard InChI is InChI=1S/C22H14N4OS/c27-21(26-22-25-18-7-3-4-8-20(18)28-22)16-13-19(14-9-11-23-12-10-14)24-17-6-2-1-5-15(16)17/h1-13H,(H,25,26,27). The first-order valence-electron chi connectivity index (χ1n) is 8.75. The van der Waals surface area contributed by atoms with Gasteiger partial charge >= 0.3 is 0 Å². The molecule has 0 aliphatic rings. The fourth-order valence-corrected chi connectivity index (χ4v) is 3.98. The summed E-state index contributed by atoms with van der Waals surface area (Å²) in [5, 5.41) is 4.33. The number of hydrogen-bond donors (Lipinski definition) is 1. The van der Waals surface area contributed by atoms with Crippen molar-refractivity contribution in [2.24, 2.45) is 0 Å². The zero-order valence-electron chi connectivity index (χ0n) is 14.7. The van der Waals surface area contributed by atoms with E-state index in [-0.39, 0.29) is 5.91 Å². The molecule has 5 aromatic rings. The second kappa shape index (κ2) is 6.83. The van der Waals surface area contributed by atoms with Crippen molar-refractivity contribution in [3.05, 3.63) is 84.7 Å². The molecule has 0 spiro atoms. The molecule has 134 valence electrons. The number of carbonyl (C=O) groups excluding carboxylic acids is 1. The molecule has 0 atom stereocenters. The molecule has 6 heteroatoms. The number of aromatic nitrogens is 3. The average Bonchev–Trinajstić information content (AvgIpc) is 3.15. The zero-order valence-corrected chi connectivity index (χ0v) is 15.5. The Morgan fingerprint density at radius 3 is 2.43 bits per heavy atom. The molecule has 5 nitrogen and oxygen atoms in total. The maximum Gasteiger partial charge on any atom is 0.258 e. The second-order valence-corrected chi connectivity index (χ2v) is 7.28. The van der Waals surface area contributed by atoms with E-state index in [9.17, 15) is 4.79 Å². The predicted molar refractivity (Wildman–Crippen MR) is 113 cm³/mol. The zero-order chi connectivity index (χ0) is 18.9. The van der Waals surface area contributed by atoms with Crippen molar-refractivity contribution >= 4 is 43.5 Å². The molecule has 0 radical (unpaired) electrons. The van der Waals surface area contributed by atoms with Crippen molar-refractivity contribution in [1.29, 1.82) is 0 Å². The fraction of sp³-hybridized carbons (Fsp3) is 0. The molecule has 0 aliphatic heterocycles. The molecule has 28 heavy (non-hydrogen) atoms. The number of nitrogens with zero attached hydrogens (tertiary/aromatic N) is 3. The minimum atomic E-state index is -0.201. The largest absolute Gasteiger partial charge is 0.298 e. The highest BCUT2D eigenvalue weighted by molar-refractivity contribution is 7.22. The van der Waals surface area contributed by atoms with Crippen LogP contribution in [0.3, 0.4) is 0 Å². The monoisotopic (exact) mass is 382 g/mol. The van der Waals surface area contributed by atoms with Crippen molar-refractivity contribution in [3.8, 4) is 11.3 Å². The minimum Gasteiger partial charge on any atom is -0.298 e. The number of para-hydroxylation sites is 2. The number of carbonyl (C=O) groups is 1. The van der Waals surface area contributed by atoms with Crippen LogP contribution < -0.4 is 5.32 Å². The van der Waals surface area contributed by atoms with Crippen LogP contribution in [-0.4, -0.2) is 20.9 Å². The summed E-state index contributed by atoms with van der Waals surface area (Å²) in [7, 11) is 0. The normalized spacial score (nSPS) is 11.0. The van der Waals surface area contributed by atoms with Crippen molar-refractivity contribution in [2.75, 3.05) is 5.32 Å². The first kappa shape index (κ1) is 16.5. The van der Waals surface area contributed by atoms with Crippen LogP contribution in [0.4, 0.5) is 5.13 Å². The number of nitrogens with one attached hydrogen (secondary N) is 1. The molecule has 1 N–H and O–H groups in total. The molecular formula is C22H14N4OS. The Labute approximate surface area is 164 Å². The summed E-state index contributed by atoms with van der Waals surface area (Å²) in [5.74, 6) is -0.201. The van der Waals surface area contributed by atoms with Crippen molar-refractivity contribution < 1.29 is 4.79 Å². The summed E-state index contributed by atoms with van der Waals surface area (Å²) in [6.07, 6.45) is 3.43. The van der Waals surface area contributed by atoms with E-state index in [4.69, 9.17) is 4.98 Å². The number of amides is 1. The SMILES string of the molecule is O=C(Nc1nc2ccccc2s1)c1cc(-c2ccncc2)nc2ccccc12. The van der Waals surface area contributed by atoms with Crippen molar-refractivity contribution in [2.45, 2.75) is 0 Å². The Balaban J connectivity index is 1.59. The molecule has 0 aliphatic carbocycles. The number of rotatable bonds is 3. The summed E-state index contributed by atoms with van der Waals surface area (Å²) in [6, 6.07) is 21.1. The minimum absolute atomic E-state index is 0.201. The number of pyridine rings is 2. The number of anilines is 1. The lowest BCUT2D eigenvalue weighted by molar-refractivity contribution is 0.102. The van der Waals surface area contributed by atoms with Crippen LogP contribution in [0.2, 0.25) is 0 Å². The van der Waals surface area contributed by atoms with Crippen LogP contribution in [-0.2, 0) is 0 Å². The maximum atomic E-state index is 13.1. The van der Waals surface area contributed by atoms with Gasteiger partial charge in [0.05, 0.1) is 27.0 Å². The molecule has 2 aromatic carbocycles. The Bertz CT molecular complexity index is 1280. The quantitative estimate of drug-likeness (QED) is 0.468. The molecule has 0 fully saturated rings. The molecular weight excluding hydrogens is 368 g/mol. The van der Waals surface area contributed by atoms with E-state index >= 15 is 0 Å². The first-order chi connectivity index (χ1) is 13.8. The maximum absolute atomic E-state index is 13.1.